The van der Waals surface area contributed by atoms with Gasteiger partial charge in [0.2, 0.25) is 0 Å². The highest BCUT2D eigenvalue weighted by Crippen LogP contribution is 2.26. The van der Waals surface area contributed by atoms with Gasteiger partial charge in [-0.25, -0.2) is 9.37 Å². The Bertz CT molecular complexity index is 652. The van der Waals surface area contributed by atoms with Crippen LogP contribution < -0.4 is 15.8 Å². The van der Waals surface area contributed by atoms with E-state index in [0.717, 1.165) is 0 Å². The highest BCUT2D eigenvalue weighted by molar-refractivity contribution is 5.70. The minimum absolute atomic E-state index is 0.197. The van der Waals surface area contributed by atoms with E-state index in [1.54, 1.807) is 0 Å². The number of nitriles is 1. The molecule has 3 N–H and O–H groups in total. The Labute approximate surface area is 109 Å². The largest absolute Gasteiger partial charge is 0.497 e. The van der Waals surface area contributed by atoms with Crippen LogP contribution in [0.25, 0.3) is 0 Å². The van der Waals surface area contributed by atoms with E-state index in [-0.39, 0.29) is 17.2 Å². The van der Waals surface area contributed by atoms with Crippen LogP contribution >= 0.6 is 0 Å². The SMILES string of the molecule is COc1ccc(F)c(Nc2ncc(C#N)cc2N)c1. The summed E-state index contributed by atoms with van der Waals surface area (Å²) < 4.78 is 18.6. The first-order valence-corrected chi connectivity index (χ1v) is 5.40. The molecule has 0 saturated heterocycles. The lowest BCUT2D eigenvalue weighted by Crippen LogP contribution is -2.01. The average Bonchev–Trinajstić information content (AvgIpc) is 2.43. The number of halogens is 1. The van der Waals surface area contributed by atoms with Crippen molar-refractivity contribution in [3.63, 3.8) is 0 Å². The Morgan fingerprint density at radius 2 is 2.21 bits per heavy atom. The molecule has 0 unspecified atom stereocenters. The predicted molar refractivity (Wildman–Crippen MR) is 69.6 cm³/mol. The van der Waals surface area contributed by atoms with Crippen LogP contribution in [0.2, 0.25) is 0 Å². The van der Waals surface area contributed by atoms with Crippen molar-refractivity contribution < 1.29 is 9.13 Å². The molecule has 2 aromatic rings. The number of hydrogen-bond donors (Lipinski definition) is 2. The third-order valence-corrected chi connectivity index (χ3v) is 2.47. The van der Waals surface area contributed by atoms with Gasteiger partial charge in [-0.1, -0.05) is 0 Å². The van der Waals surface area contributed by atoms with Gasteiger partial charge in [0.1, 0.15) is 17.6 Å². The first-order chi connectivity index (χ1) is 9.13. The Kier molecular flexibility index (Phi) is 3.48. The van der Waals surface area contributed by atoms with Crippen molar-refractivity contribution in [2.45, 2.75) is 0 Å². The Balaban J connectivity index is 2.33. The fourth-order valence-corrected chi connectivity index (χ4v) is 1.50. The summed E-state index contributed by atoms with van der Waals surface area (Å²) in [5.41, 5.74) is 6.54. The number of hydrogen-bond acceptors (Lipinski definition) is 5. The molecule has 6 heteroatoms. The summed E-state index contributed by atoms with van der Waals surface area (Å²) in [6.07, 6.45) is 1.36. The first kappa shape index (κ1) is 12.6. The van der Waals surface area contributed by atoms with Gasteiger partial charge in [0.25, 0.3) is 0 Å². The number of anilines is 3. The van der Waals surface area contributed by atoms with Gasteiger partial charge in [0.15, 0.2) is 5.82 Å². The van der Waals surface area contributed by atoms with Crippen molar-refractivity contribution in [2.75, 3.05) is 18.2 Å². The molecule has 1 aromatic carbocycles. The van der Waals surface area contributed by atoms with Crippen LogP contribution in [0.15, 0.2) is 30.5 Å². The molecule has 0 radical (unpaired) electrons. The third kappa shape index (κ3) is 2.72. The fraction of sp³-hybridized carbons (Fsp3) is 0.0769. The standard InChI is InChI=1S/C13H11FN4O/c1-19-9-2-3-10(14)12(5-9)18-13-11(16)4-8(6-15)7-17-13/h2-5,7H,16H2,1H3,(H,17,18). The van der Waals surface area contributed by atoms with E-state index < -0.39 is 5.82 Å². The van der Waals surface area contributed by atoms with Crippen LogP contribution in [0, 0.1) is 17.1 Å². The molecular weight excluding hydrogens is 247 g/mol. The molecule has 19 heavy (non-hydrogen) atoms. The quantitative estimate of drug-likeness (QED) is 0.883. The van der Waals surface area contributed by atoms with Crippen molar-refractivity contribution in [3.05, 3.63) is 41.8 Å². The molecule has 0 fully saturated rings. The minimum atomic E-state index is -0.452. The topological polar surface area (TPSA) is 84.0 Å². The number of nitrogens with zero attached hydrogens (tertiary/aromatic N) is 2. The molecule has 0 bridgehead atoms. The van der Waals surface area contributed by atoms with Gasteiger partial charge >= 0.3 is 0 Å². The zero-order chi connectivity index (χ0) is 13.8. The third-order valence-electron chi connectivity index (χ3n) is 2.47. The Hall–Kier alpha value is -2.81. The highest BCUT2D eigenvalue weighted by Gasteiger charge is 2.08. The van der Waals surface area contributed by atoms with Gasteiger partial charge in [-0.2, -0.15) is 5.26 Å². The van der Waals surface area contributed by atoms with E-state index in [2.05, 4.69) is 10.3 Å². The van der Waals surface area contributed by atoms with Crippen LogP contribution in [0.4, 0.5) is 21.6 Å². The molecule has 1 heterocycles. The lowest BCUT2D eigenvalue weighted by molar-refractivity contribution is 0.414. The lowest BCUT2D eigenvalue weighted by Gasteiger charge is -2.10. The number of methoxy groups -OCH3 is 1. The van der Waals surface area contributed by atoms with E-state index in [4.69, 9.17) is 15.7 Å². The van der Waals surface area contributed by atoms with Crippen molar-refractivity contribution in [3.8, 4) is 11.8 Å². The molecule has 0 aliphatic rings. The van der Waals surface area contributed by atoms with Crippen molar-refractivity contribution in [1.82, 2.24) is 4.98 Å². The van der Waals surface area contributed by atoms with Crippen LogP contribution in [0.3, 0.4) is 0 Å². The van der Waals surface area contributed by atoms with Gasteiger partial charge in [-0.15, -0.1) is 0 Å². The van der Waals surface area contributed by atoms with Gasteiger partial charge in [0.05, 0.1) is 24.0 Å². The number of ether oxygens (including phenoxy) is 1. The summed E-state index contributed by atoms with van der Waals surface area (Å²) in [5.74, 6) is 0.341. The van der Waals surface area contributed by atoms with E-state index in [1.807, 2.05) is 6.07 Å². The number of pyridine rings is 1. The second-order valence-corrected chi connectivity index (χ2v) is 3.74. The normalized spacial score (nSPS) is 9.74. The van der Waals surface area contributed by atoms with Crippen LogP contribution in [0.5, 0.6) is 5.75 Å². The first-order valence-electron chi connectivity index (χ1n) is 5.40. The fourth-order valence-electron chi connectivity index (χ4n) is 1.50. The van der Waals surface area contributed by atoms with Gasteiger partial charge in [0, 0.05) is 12.3 Å². The maximum atomic E-state index is 13.6. The number of aromatic nitrogens is 1. The molecule has 1 aromatic heterocycles. The van der Waals surface area contributed by atoms with E-state index in [0.29, 0.717) is 11.3 Å². The number of nitrogen functional groups attached to an aromatic ring is 1. The van der Waals surface area contributed by atoms with Crippen molar-refractivity contribution >= 4 is 17.2 Å². The number of nitrogens with one attached hydrogen (secondary N) is 1. The van der Waals surface area contributed by atoms with Crippen LogP contribution in [0.1, 0.15) is 5.56 Å². The smallest absolute Gasteiger partial charge is 0.153 e. The number of benzene rings is 1. The molecule has 96 valence electrons. The lowest BCUT2D eigenvalue weighted by atomic mass is 10.2. The van der Waals surface area contributed by atoms with Gasteiger partial charge in [-0.3, -0.25) is 0 Å². The van der Waals surface area contributed by atoms with Gasteiger partial charge in [-0.05, 0) is 18.2 Å². The molecule has 0 atom stereocenters. The minimum Gasteiger partial charge on any atom is -0.497 e. The Morgan fingerprint density at radius 1 is 1.42 bits per heavy atom. The molecule has 0 aliphatic carbocycles. The summed E-state index contributed by atoms with van der Waals surface area (Å²) in [4.78, 5) is 3.97. The van der Waals surface area contributed by atoms with Crippen LogP contribution in [-0.4, -0.2) is 12.1 Å². The van der Waals surface area contributed by atoms with Crippen molar-refractivity contribution in [2.24, 2.45) is 0 Å². The summed E-state index contributed by atoms with van der Waals surface area (Å²) in [6, 6.07) is 7.67. The van der Waals surface area contributed by atoms with E-state index in [9.17, 15) is 4.39 Å². The van der Waals surface area contributed by atoms with E-state index >= 15 is 0 Å². The van der Waals surface area contributed by atoms with Crippen molar-refractivity contribution in [1.29, 1.82) is 5.26 Å². The zero-order valence-corrected chi connectivity index (χ0v) is 10.1. The molecule has 5 nitrogen and oxygen atoms in total. The molecule has 0 saturated carbocycles. The Morgan fingerprint density at radius 3 is 2.84 bits per heavy atom. The predicted octanol–water partition coefficient (Wildman–Crippen LogP) is 2.43. The molecule has 0 aliphatic heterocycles. The number of rotatable bonds is 3. The second-order valence-electron chi connectivity index (χ2n) is 3.74. The number of nitrogens with two attached hydrogens (primary N) is 1. The summed E-state index contributed by atoms with van der Waals surface area (Å²) >= 11 is 0. The maximum Gasteiger partial charge on any atom is 0.153 e. The monoisotopic (exact) mass is 258 g/mol. The highest BCUT2D eigenvalue weighted by atomic mass is 19.1. The molecular formula is C13H11FN4O. The van der Waals surface area contributed by atoms with Crippen LogP contribution in [-0.2, 0) is 0 Å². The summed E-state index contributed by atoms with van der Waals surface area (Å²) in [5, 5.41) is 11.5. The average molecular weight is 258 g/mol. The van der Waals surface area contributed by atoms with Gasteiger partial charge < -0.3 is 15.8 Å². The zero-order valence-electron chi connectivity index (χ0n) is 10.1. The van der Waals surface area contributed by atoms with E-state index in [1.165, 1.54) is 37.6 Å². The summed E-state index contributed by atoms with van der Waals surface area (Å²) in [6.45, 7) is 0. The molecule has 2 rings (SSSR count). The second kappa shape index (κ2) is 5.23. The maximum absolute atomic E-state index is 13.6. The summed E-state index contributed by atoms with van der Waals surface area (Å²) in [7, 11) is 1.49. The molecule has 0 spiro atoms. The molecule has 0 amide bonds.